The van der Waals surface area contributed by atoms with E-state index in [4.69, 9.17) is 25.8 Å². The normalized spacial score (nSPS) is 10.1. The van der Waals surface area contributed by atoms with Crippen LogP contribution in [0.4, 0.5) is 11.5 Å². The Kier molecular flexibility index (Phi) is 4.70. The number of hydrogen-bond acceptors (Lipinski definition) is 6. The molecule has 1 heterocycles. The highest BCUT2D eigenvalue weighted by Crippen LogP contribution is 2.40. The number of methoxy groups -OCH3 is 3. The van der Waals surface area contributed by atoms with E-state index in [0.717, 1.165) is 11.3 Å². The van der Waals surface area contributed by atoms with Gasteiger partial charge >= 0.3 is 0 Å². The number of aryl methyl sites for hydroxylation is 1. The predicted octanol–water partition coefficient (Wildman–Crippen LogP) is 3.21. The fourth-order valence-electron chi connectivity index (χ4n) is 1.84. The minimum absolute atomic E-state index is 0.176. The summed E-state index contributed by atoms with van der Waals surface area (Å²) in [5.41, 5.74) is 1.61. The number of ether oxygens (including phenoxy) is 3. The number of hydrogen-bond donors (Lipinski definition) is 1. The van der Waals surface area contributed by atoms with E-state index in [-0.39, 0.29) is 5.28 Å². The van der Waals surface area contributed by atoms with Crippen molar-refractivity contribution in [2.75, 3.05) is 26.6 Å². The zero-order chi connectivity index (χ0) is 15.4. The molecule has 0 saturated heterocycles. The van der Waals surface area contributed by atoms with Crippen LogP contribution in [0.1, 0.15) is 5.56 Å². The molecule has 1 aromatic heterocycles. The molecule has 0 aliphatic rings. The number of aromatic nitrogens is 2. The summed E-state index contributed by atoms with van der Waals surface area (Å²) in [6, 6.07) is 3.58. The van der Waals surface area contributed by atoms with Crippen molar-refractivity contribution in [2.24, 2.45) is 0 Å². The van der Waals surface area contributed by atoms with Crippen LogP contribution in [0.2, 0.25) is 5.28 Å². The third kappa shape index (κ3) is 3.28. The summed E-state index contributed by atoms with van der Waals surface area (Å²) < 4.78 is 15.9. The molecule has 0 aliphatic heterocycles. The van der Waals surface area contributed by atoms with E-state index in [1.807, 2.05) is 6.92 Å². The molecule has 21 heavy (non-hydrogen) atoms. The fourth-order valence-corrected chi connectivity index (χ4v) is 1.97. The summed E-state index contributed by atoms with van der Waals surface area (Å²) in [6.45, 7) is 1.89. The summed E-state index contributed by atoms with van der Waals surface area (Å²) in [5.74, 6) is 2.25. The van der Waals surface area contributed by atoms with Crippen molar-refractivity contribution >= 4 is 23.1 Å². The number of anilines is 2. The van der Waals surface area contributed by atoms with Gasteiger partial charge in [0, 0.05) is 29.6 Å². The lowest BCUT2D eigenvalue weighted by Crippen LogP contribution is -2.00. The van der Waals surface area contributed by atoms with Gasteiger partial charge in [0.2, 0.25) is 11.0 Å². The molecule has 0 fully saturated rings. The van der Waals surface area contributed by atoms with Gasteiger partial charge in [-0.15, -0.1) is 0 Å². The summed E-state index contributed by atoms with van der Waals surface area (Å²) >= 11 is 5.82. The second kappa shape index (κ2) is 6.49. The summed E-state index contributed by atoms with van der Waals surface area (Å²) in [7, 11) is 4.68. The molecule has 0 spiro atoms. The van der Waals surface area contributed by atoms with E-state index in [2.05, 4.69) is 15.3 Å². The number of benzene rings is 1. The lowest BCUT2D eigenvalue weighted by Gasteiger charge is -2.15. The minimum atomic E-state index is 0.176. The molecule has 0 atom stereocenters. The second-order valence-electron chi connectivity index (χ2n) is 4.21. The van der Waals surface area contributed by atoms with Crippen molar-refractivity contribution in [1.82, 2.24) is 9.97 Å². The summed E-state index contributed by atoms with van der Waals surface area (Å²) in [6.07, 6.45) is 1.65. The Bertz CT molecular complexity index is 624. The predicted molar refractivity (Wildman–Crippen MR) is 81.2 cm³/mol. The van der Waals surface area contributed by atoms with Crippen molar-refractivity contribution < 1.29 is 14.2 Å². The van der Waals surface area contributed by atoms with E-state index in [1.54, 1.807) is 39.7 Å². The molecule has 7 heteroatoms. The second-order valence-corrected chi connectivity index (χ2v) is 4.55. The van der Waals surface area contributed by atoms with Crippen molar-refractivity contribution in [3.05, 3.63) is 29.2 Å². The van der Waals surface area contributed by atoms with Crippen LogP contribution in [0.3, 0.4) is 0 Å². The van der Waals surface area contributed by atoms with Crippen LogP contribution in [0.5, 0.6) is 17.2 Å². The van der Waals surface area contributed by atoms with Gasteiger partial charge in [-0.25, -0.2) is 9.97 Å². The zero-order valence-corrected chi connectivity index (χ0v) is 13.0. The number of nitrogens with one attached hydrogen (secondary N) is 1. The lowest BCUT2D eigenvalue weighted by molar-refractivity contribution is 0.324. The number of rotatable bonds is 5. The van der Waals surface area contributed by atoms with Crippen LogP contribution in [-0.4, -0.2) is 31.3 Å². The SMILES string of the molecule is COc1cc(Nc2nc(Cl)ncc2C)cc(OC)c1OC. The van der Waals surface area contributed by atoms with Crippen LogP contribution in [0.25, 0.3) is 0 Å². The summed E-state index contributed by atoms with van der Waals surface area (Å²) in [4.78, 5) is 8.07. The standard InChI is InChI=1S/C14H16ClN3O3/c1-8-7-16-14(15)18-13(8)17-9-5-10(19-2)12(21-4)11(6-9)20-3/h5-7H,1-4H3,(H,16,17,18). The van der Waals surface area contributed by atoms with Crippen molar-refractivity contribution in [2.45, 2.75) is 6.92 Å². The van der Waals surface area contributed by atoms with Crippen LogP contribution >= 0.6 is 11.6 Å². The molecule has 0 radical (unpaired) electrons. The van der Waals surface area contributed by atoms with Crippen LogP contribution in [-0.2, 0) is 0 Å². The van der Waals surface area contributed by atoms with Crippen LogP contribution < -0.4 is 19.5 Å². The average Bonchev–Trinajstić information content (AvgIpc) is 2.49. The van der Waals surface area contributed by atoms with Gasteiger partial charge in [0.25, 0.3) is 0 Å². The Balaban J connectivity index is 2.42. The highest BCUT2D eigenvalue weighted by Gasteiger charge is 2.14. The van der Waals surface area contributed by atoms with E-state index in [0.29, 0.717) is 23.1 Å². The zero-order valence-electron chi connectivity index (χ0n) is 12.2. The van der Waals surface area contributed by atoms with Crippen molar-refractivity contribution in [3.8, 4) is 17.2 Å². The molecule has 112 valence electrons. The topological polar surface area (TPSA) is 65.5 Å². The number of halogens is 1. The molecule has 6 nitrogen and oxygen atoms in total. The monoisotopic (exact) mass is 309 g/mol. The highest BCUT2D eigenvalue weighted by molar-refractivity contribution is 6.28. The molecule has 0 amide bonds. The summed E-state index contributed by atoms with van der Waals surface area (Å²) in [5, 5.41) is 3.34. The first-order chi connectivity index (χ1) is 10.1. The van der Waals surface area contributed by atoms with Gasteiger partial charge in [-0.3, -0.25) is 0 Å². The van der Waals surface area contributed by atoms with Crippen LogP contribution in [0.15, 0.2) is 18.3 Å². The maximum atomic E-state index is 5.82. The fraction of sp³-hybridized carbons (Fsp3) is 0.286. The van der Waals surface area contributed by atoms with Crippen molar-refractivity contribution in [1.29, 1.82) is 0 Å². The first-order valence-corrected chi connectivity index (χ1v) is 6.53. The molecule has 1 aromatic carbocycles. The Hall–Kier alpha value is -2.21. The van der Waals surface area contributed by atoms with E-state index >= 15 is 0 Å². The van der Waals surface area contributed by atoms with Gasteiger partial charge < -0.3 is 19.5 Å². The Labute approximate surface area is 128 Å². The molecule has 0 bridgehead atoms. The van der Waals surface area contributed by atoms with Gasteiger partial charge in [-0.2, -0.15) is 0 Å². The molecule has 1 N–H and O–H groups in total. The van der Waals surface area contributed by atoms with E-state index in [9.17, 15) is 0 Å². The Morgan fingerprint density at radius 3 is 2.19 bits per heavy atom. The first-order valence-electron chi connectivity index (χ1n) is 6.15. The Morgan fingerprint density at radius 2 is 1.67 bits per heavy atom. The molecular weight excluding hydrogens is 294 g/mol. The van der Waals surface area contributed by atoms with Gasteiger partial charge in [0.1, 0.15) is 5.82 Å². The maximum Gasteiger partial charge on any atom is 0.224 e. The average molecular weight is 310 g/mol. The van der Waals surface area contributed by atoms with Crippen LogP contribution in [0, 0.1) is 6.92 Å². The van der Waals surface area contributed by atoms with Gasteiger partial charge in [0.05, 0.1) is 21.3 Å². The number of nitrogens with zero attached hydrogens (tertiary/aromatic N) is 2. The largest absolute Gasteiger partial charge is 0.493 e. The molecule has 2 aromatic rings. The van der Waals surface area contributed by atoms with Gasteiger partial charge in [-0.05, 0) is 18.5 Å². The molecule has 0 aliphatic carbocycles. The van der Waals surface area contributed by atoms with E-state index in [1.165, 1.54) is 0 Å². The minimum Gasteiger partial charge on any atom is -0.493 e. The van der Waals surface area contributed by atoms with Gasteiger partial charge in [0.15, 0.2) is 11.5 Å². The van der Waals surface area contributed by atoms with Gasteiger partial charge in [-0.1, -0.05) is 0 Å². The third-order valence-electron chi connectivity index (χ3n) is 2.87. The molecule has 0 saturated carbocycles. The van der Waals surface area contributed by atoms with E-state index < -0.39 is 0 Å². The molecule has 0 unspecified atom stereocenters. The van der Waals surface area contributed by atoms with Crippen molar-refractivity contribution in [3.63, 3.8) is 0 Å². The molecule has 2 rings (SSSR count). The Morgan fingerprint density at radius 1 is 1.05 bits per heavy atom. The maximum absolute atomic E-state index is 5.82. The smallest absolute Gasteiger partial charge is 0.224 e. The highest BCUT2D eigenvalue weighted by atomic mass is 35.5. The first kappa shape index (κ1) is 15.2. The molecular formula is C14H16ClN3O3. The lowest BCUT2D eigenvalue weighted by atomic mass is 10.2. The quantitative estimate of drug-likeness (QED) is 0.856. The third-order valence-corrected chi connectivity index (χ3v) is 3.05.